The van der Waals surface area contributed by atoms with Gasteiger partial charge in [-0.1, -0.05) is 41.9 Å². The van der Waals surface area contributed by atoms with Gasteiger partial charge in [-0.3, -0.25) is 4.79 Å². The number of rotatable bonds is 5. The second-order valence-corrected chi connectivity index (χ2v) is 6.98. The quantitative estimate of drug-likeness (QED) is 0.834. The van der Waals surface area contributed by atoms with Gasteiger partial charge in [-0.2, -0.15) is 0 Å². The van der Waals surface area contributed by atoms with Gasteiger partial charge in [0.25, 0.3) is 5.91 Å². The third kappa shape index (κ3) is 5.28. The number of amides is 1. The highest BCUT2D eigenvalue weighted by atomic mass is 35.5. The maximum absolute atomic E-state index is 13.4. The van der Waals surface area contributed by atoms with Crippen LogP contribution < -0.4 is 10.6 Å². The summed E-state index contributed by atoms with van der Waals surface area (Å²) in [5.74, 6) is -0.756. The van der Waals surface area contributed by atoms with E-state index in [0.717, 1.165) is 32.2 Å². The van der Waals surface area contributed by atoms with Crippen LogP contribution in [0.25, 0.3) is 0 Å². The van der Waals surface area contributed by atoms with E-state index in [1.165, 1.54) is 23.8 Å². The Morgan fingerprint density at radius 3 is 2.40 bits per heavy atom. The standard InChI is InChI=1S/C20H22ClFN2O/c21-16-10-15(11-17(22)12-16)20(25)24-19-8-6-18(7-9-19)23-13-14-4-2-1-3-5-14/h1-5,10-12,18-19,23H,6-9,13H2,(H,24,25)/t18-,19-. The summed E-state index contributed by atoms with van der Waals surface area (Å²) in [6, 6.07) is 14.8. The van der Waals surface area contributed by atoms with E-state index in [1.54, 1.807) is 0 Å². The van der Waals surface area contributed by atoms with Gasteiger partial charge in [0.2, 0.25) is 0 Å². The molecule has 1 amide bonds. The van der Waals surface area contributed by atoms with Crippen molar-refractivity contribution in [3.63, 3.8) is 0 Å². The van der Waals surface area contributed by atoms with Crippen molar-refractivity contribution in [1.29, 1.82) is 0 Å². The third-order valence-corrected chi connectivity index (χ3v) is 4.84. The summed E-state index contributed by atoms with van der Waals surface area (Å²) in [6.07, 6.45) is 3.87. The highest BCUT2D eigenvalue weighted by Gasteiger charge is 2.22. The third-order valence-electron chi connectivity index (χ3n) is 4.62. The Hall–Kier alpha value is -1.91. The average Bonchev–Trinajstić information content (AvgIpc) is 2.61. The minimum atomic E-state index is -0.494. The molecule has 2 aromatic carbocycles. The molecule has 0 aromatic heterocycles. The summed E-state index contributed by atoms with van der Waals surface area (Å²) < 4.78 is 13.4. The van der Waals surface area contributed by atoms with Crippen LogP contribution in [0.1, 0.15) is 41.6 Å². The number of nitrogens with one attached hydrogen (secondary N) is 2. The van der Waals surface area contributed by atoms with Crippen molar-refractivity contribution >= 4 is 17.5 Å². The monoisotopic (exact) mass is 360 g/mol. The highest BCUT2D eigenvalue weighted by molar-refractivity contribution is 6.31. The summed E-state index contributed by atoms with van der Waals surface area (Å²) in [6.45, 7) is 0.865. The lowest BCUT2D eigenvalue weighted by Gasteiger charge is -2.30. The molecule has 0 bridgehead atoms. The van der Waals surface area contributed by atoms with E-state index in [0.29, 0.717) is 6.04 Å². The smallest absolute Gasteiger partial charge is 0.251 e. The molecule has 1 fully saturated rings. The maximum Gasteiger partial charge on any atom is 0.251 e. The molecule has 0 saturated heterocycles. The Kier molecular flexibility index (Phi) is 6.05. The molecule has 0 atom stereocenters. The average molecular weight is 361 g/mol. The predicted octanol–water partition coefficient (Wildman–Crippen LogP) is 4.31. The topological polar surface area (TPSA) is 41.1 Å². The molecule has 5 heteroatoms. The lowest BCUT2D eigenvalue weighted by Crippen LogP contribution is -2.42. The number of hydrogen-bond acceptors (Lipinski definition) is 2. The number of carbonyl (C=O) groups is 1. The second kappa shape index (κ2) is 8.45. The van der Waals surface area contributed by atoms with Crippen molar-refractivity contribution in [1.82, 2.24) is 10.6 Å². The van der Waals surface area contributed by atoms with E-state index < -0.39 is 5.82 Å². The molecule has 2 aromatic rings. The van der Waals surface area contributed by atoms with Crippen LogP contribution in [0.15, 0.2) is 48.5 Å². The maximum atomic E-state index is 13.4. The molecular weight excluding hydrogens is 339 g/mol. The minimum absolute atomic E-state index is 0.129. The second-order valence-electron chi connectivity index (χ2n) is 6.55. The van der Waals surface area contributed by atoms with Crippen LogP contribution in [-0.2, 0) is 6.54 Å². The van der Waals surface area contributed by atoms with E-state index in [9.17, 15) is 9.18 Å². The Morgan fingerprint density at radius 2 is 1.72 bits per heavy atom. The van der Waals surface area contributed by atoms with Gasteiger partial charge in [-0.05, 0) is 49.4 Å². The summed E-state index contributed by atoms with van der Waals surface area (Å²) in [5.41, 5.74) is 1.55. The fraction of sp³-hybridized carbons (Fsp3) is 0.350. The van der Waals surface area contributed by atoms with E-state index >= 15 is 0 Å². The van der Waals surface area contributed by atoms with Gasteiger partial charge in [0.15, 0.2) is 0 Å². The molecule has 0 heterocycles. The first-order valence-electron chi connectivity index (χ1n) is 8.64. The molecule has 0 spiro atoms. The number of benzene rings is 2. The van der Waals surface area contributed by atoms with Gasteiger partial charge in [0, 0.05) is 29.2 Å². The largest absolute Gasteiger partial charge is 0.349 e. The molecule has 3 nitrogen and oxygen atoms in total. The van der Waals surface area contributed by atoms with Crippen LogP contribution in [0.2, 0.25) is 5.02 Å². The Balaban J connectivity index is 1.45. The van der Waals surface area contributed by atoms with E-state index in [2.05, 4.69) is 22.8 Å². The zero-order chi connectivity index (χ0) is 17.6. The molecule has 2 N–H and O–H groups in total. The van der Waals surface area contributed by atoms with Crippen LogP contribution >= 0.6 is 11.6 Å². The first kappa shape index (κ1) is 17.9. The number of carbonyl (C=O) groups excluding carboxylic acids is 1. The molecule has 3 rings (SSSR count). The van der Waals surface area contributed by atoms with Gasteiger partial charge < -0.3 is 10.6 Å². The van der Waals surface area contributed by atoms with Gasteiger partial charge >= 0.3 is 0 Å². The summed E-state index contributed by atoms with van der Waals surface area (Å²) in [7, 11) is 0. The SMILES string of the molecule is O=C(N[C@H]1CC[C@H](NCc2ccccc2)CC1)c1cc(F)cc(Cl)c1. The van der Waals surface area contributed by atoms with Crippen molar-refractivity contribution in [3.8, 4) is 0 Å². The van der Waals surface area contributed by atoms with E-state index in [4.69, 9.17) is 11.6 Å². The lowest BCUT2D eigenvalue weighted by molar-refractivity contribution is 0.0923. The first-order chi connectivity index (χ1) is 12.1. The predicted molar refractivity (Wildman–Crippen MR) is 98.2 cm³/mol. The van der Waals surface area contributed by atoms with Crippen LogP contribution in [0.3, 0.4) is 0 Å². The van der Waals surface area contributed by atoms with Gasteiger partial charge in [0.1, 0.15) is 5.82 Å². The molecule has 1 aliphatic carbocycles. The zero-order valence-corrected chi connectivity index (χ0v) is 14.7. The molecule has 132 valence electrons. The summed E-state index contributed by atoms with van der Waals surface area (Å²) in [5, 5.41) is 6.81. The molecule has 1 aliphatic rings. The Bertz CT molecular complexity index is 695. The van der Waals surface area contributed by atoms with Crippen molar-refractivity contribution in [3.05, 3.63) is 70.5 Å². The van der Waals surface area contributed by atoms with Crippen LogP contribution in [-0.4, -0.2) is 18.0 Å². The number of hydrogen-bond donors (Lipinski definition) is 2. The van der Waals surface area contributed by atoms with Crippen molar-refractivity contribution in [2.75, 3.05) is 0 Å². The molecule has 0 aliphatic heterocycles. The van der Waals surface area contributed by atoms with Crippen LogP contribution in [0.4, 0.5) is 4.39 Å². The van der Waals surface area contributed by atoms with Crippen LogP contribution in [0, 0.1) is 5.82 Å². The van der Waals surface area contributed by atoms with Gasteiger partial charge in [0.05, 0.1) is 0 Å². The molecule has 25 heavy (non-hydrogen) atoms. The highest BCUT2D eigenvalue weighted by Crippen LogP contribution is 2.20. The fourth-order valence-electron chi connectivity index (χ4n) is 3.25. The molecular formula is C20H22ClFN2O. The van der Waals surface area contributed by atoms with Gasteiger partial charge in [-0.15, -0.1) is 0 Å². The van der Waals surface area contributed by atoms with E-state index in [-0.39, 0.29) is 22.5 Å². The van der Waals surface area contributed by atoms with Crippen molar-refractivity contribution < 1.29 is 9.18 Å². The van der Waals surface area contributed by atoms with Gasteiger partial charge in [-0.25, -0.2) is 4.39 Å². The zero-order valence-electron chi connectivity index (χ0n) is 14.0. The molecule has 1 saturated carbocycles. The Labute approximate surface area is 152 Å². The van der Waals surface area contributed by atoms with E-state index in [1.807, 2.05) is 18.2 Å². The van der Waals surface area contributed by atoms with Crippen molar-refractivity contribution in [2.24, 2.45) is 0 Å². The minimum Gasteiger partial charge on any atom is -0.349 e. The summed E-state index contributed by atoms with van der Waals surface area (Å²) >= 11 is 5.81. The normalized spacial score (nSPS) is 20.2. The van der Waals surface area contributed by atoms with Crippen LogP contribution in [0.5, 0.6) is 0 Å². The van der Waals surface area contributed by atoms with Crippen molar-refractivity contribution in [2.45, 2.75) is 44.3 Å². The summed E-state index contributed by atoms with van der Waals surface area (Å²) in [4.78, 5) is 12.3. The lowest BCUT2D eigenvalue weighted by atomic mass is 9.91. The molecule has 0 unspecified atom stereocenters. The molecule has 0 radical (unpaired) electrons. The first-order valence-corrected chi connectivity index (χ1v) is 9.02. The fourth-order valence-corrected chi connectivity index (χ4v) is 3.48. The Morgan fingerprint density at radius 1 is 1.04 bits per heavy atom. The number of halogens is 2.